The van der Waals surface area contributed by atoms with Gasteiger partial charge >= 0.3 is 0 Å². The van der Waals surface area contributed by atoms with E-state index in [9.17, 15) is 4.79 Å². The number of nitrogens with zero attached hydrogens (tertiary/aromatic N) is 5. The Morgan fingerprint density at radius 1 is 1.02 bits per heavy atom. The second kappa shape index (κ2) is 12.5. The SMILES string of the molecule is C=C1C(Nc2ccc(N3CCN(C)CC3)cn2)=CC(c2cccc(NC(=O)c3ccc(N(C)CC)cc3)c2C)=CN1C. The maximum absolute atomic E-state index is 13.1. The Kier molecular flexibility index (Phi) is 8.64. The highest BCUT2D eigenvalue weighted by molar-refractivity contribution is 6.05. The molecule has 1 fully saturated rings. The Morgan fingerprint density at radius 2 is 1.76 bits per heavy atom. The molecule has 3 aromatic rings. The van der Waals surface area contributed by atoms with Gasteiger partial charge in [0.25, 0.3) is 5.91 Å². The Hall–Kier alpha value is -4.56. The van der Waals surface area contributed by atoms with Crippen LogP contribution in [-0.4, -0.2) is 74.6 Å². The van der Waals surface area contributed by atoms with E-state index < -0.39 is 0 Å². The van der Waals surface area contributed by atoms with Crippen molar-refractivity contribution in [3.05, 3.63) is 108 Å². The van der Waals surface area contributed by atoms with Crippen LogP contribution < -0.4 is 20.4 Å². The van der Waals surface area contributed by atoms with E-state index in [1.54, 1.807) is 0 Å². The fourth-order valence-corrected chi connectivity index (χ4v) is 5.19. The van der Waals surface area contributed by atoms with Crippen molar-refractivity contribution in [2.24, 2.45) is 0 Å². The third kappa shape index (κ3) is 6.34. The maximum Gasteiger partial charge on any atom is 0.255 e. The number of benzene rings is 2. The quantitative estimate of drug-likeness (QED) is 0.367. The average molecular weight is 564 g/mol. The van der Waals surface area contributed by atoms with Gasteiger partial charge in [0.05, 0.1) is 23.3 Å². The lowest BCUT2D eigenvalue weighted by Gasteiger charge is -2.33. The number of rotatable bonds is 8. The molecule has 5 rings (SSSR count). The molecule has 42 heavy (non-hydrogen) atoms. The van der Waals surface area contributed by atoms with E-state index in [1.165, 1.54) is 0 Å². The van der Waals surface area contributed by atoms with Crippen molar-refractivity contribution in [3.8, 4) is 0 Å². The summed E-state index contributed by atoms with van der Waals surface area (Å²) in [4.78, 5) is 26.7. The predicted molar refractivity (Wildman–Crippen MR) is 175 cm³/mol. The Morgan fingerprint density at radius 3 is 2.43 bits per heavy atom. The Labute approximate surface area is 249 Å². The molecule has 2 aliphatic heterocycles. The van der Waals surface area contributed by atoms with E-state index in [0.717, 1.165) is 83.7 Å². The number of amides is 1. The highest BCUT2D eigenvalue weighted by Gasteiger charge is 2.19. The van der Waals surface area contributed by atoms with Crippen LogP contribution in [0.15, 0.2) is 91.0 Å². The monoisotopic (exact) mass is 563 g/mol. The number of hydrogen-bond acceptors (Lipinski definition) is 7. The van der Waals surface area contributed by atoms with Crippen LogP contribution >= 0.6 is 0 Å². The molecule has 3 heterocycles. The predicted octanol–water partition coefficient (Wildman–Crippen LogP) is 5.65. The number of carbonyl (C=O) groups excluding carboxylic acids is 1. The summed E-state index contributed by atoms with van der Waals surface area (Å²) >= 11 is 0. The van der Waals surface area contributed by atoms with E-state index in [-0.39, 0.29) is 5.91 Å². The number of anilines is 4. The summed E-state index contributed by atoms with van der Waals surface area (Å²) in [6.07, 6.45) is 6.09. The smallest absolute Gasteiger partial charge is 0.255 e. The molecule has 1 saturated heterocycles. The zero-order valence-electron chi connectivity index (χ0n) is 25.3. The average Bonchev–Trinajstić information content (AvgIpc) is 3.01. The number of hydrogen-bond donors (Lipinski definition) is 2. The molecule has 0 aliphatic carbocycles. The summed E-state index contributed by atoms with van der Waals surface area (Å²) in [5.74, 6) is 0.636. The molecule has 0 radical (unpaired) electrons. The van der Waals surface area contributed by atoms with E-state index in [2.05, 4.69) is 70.3 Å². The zero-order chi connectivity index (χ0) is 29.8. The van der Waals surface area contributed by atoms with Crippen LogP contribution in [0.1, 0.15) is 28.4 Å². The molecule has 0 unspecified atom stereocenters. The normalized spacial score (nSPS) is 15.7. The minimum atomic E-state index is -0.131. The van der Waals surface area contributed by atoms with Crippen molar-refractivity contribution < 1.29 is 4.79 Å². The topological polar surface area (TPSA) is 67.0 Å². The van der Waals surface area contributed by atoms with Crippen LogP contribution in [0.2, 0.25) is 0 Å². The number of aromatic nitrogens is 1. The first kappa shape index (κ1) is 29.0. The van der Waals surface area contributed by atoms with Gasteiger partial charge in [0.1, 0.15) is 5.82 Å². The minimum absolute atomic E-state index is 0.131. The molecule has 1 aromatic heterocycles. The van der Waals surface area contributed by atoms with Gasteiger partial charge in [-0.2, -0.15) is 0 Å². The van der Waals surface area contributed by atoms with Crippen LogP contribution in [0.3, 0.4) is 0 Å². The third-order valence-electron chi connectivity index (χ3n) is 8.19. The summed E-state index contributed by atoms with van der Waals surface area (Å²) in [5, 5.41) is 6.58. The second-order valence-corrected chi connectivity index (χ2v) is 11.0. The first-order valence-corrected chi connectivity index (χ1v) is 14.5. The summed E-state index contributed by atoms with van der Waals surface area (Å²) in [6, 6.07) is 17.8. The molecule has 8 heteroatoms. The van der Waals surface area contributed by atoms with Gasteiger partial charge in [-0.05, 0) is 80.6 Å². The van der Waals surface area contributed by atoms with Gasteiger partial charge in [-0.1, -0.05) is 18.7 Å². The lowest BCUT2D eigenvalue weighted by Crippen LogP contribution is -2.44. The molecular weight excluding hydrogens is 522 g/mol. The van der Waals surface area contributed by atoms with Crippen molar-refractivity contribution in [2.75, 3.05) is 74.3 Å². The second-order valence-electron chi connectivity index (χ2n) is 11.0. The number of pyridine rings is 1. The lowest BCUT2D eigenvalue weighted by atomic mass is 9.96. The van der Waals surface area contributed by atoms with Crippen LogP contribution in [0, 0.1) is 6.92 Å². The molecule has 1 amide bonds. The van der Waals surface area contributed by atoms with Crippen molar-refractivity contribution in [1.29, 1.82) is 0 Å². The molecule has 2 aromatic carbocycles. The summed E-state index contributed by atoms with van der Waals surface area (Å²) in [6.45, 7) is 13.5. The van der Waals surface area contributed by atoms with E-state index in [1.807, 2.05) is 74.6 Å². The van der Waals surface area contributed by atoms with Gasteiger partial charge in [0, 0.05) is 75.5 Å². The van der Waals surface area contributed by atoms with Crippen molar-refractivity contribution in [1.82, 2.24) is 14.8 Å². The van der Waals surface area contributed by atoms with Gasteiger partial charge in [0.15, 0.2) is 0 Å². The van der Waals surface area contributed by atoms with Crippen molar-refractivity contribution >= 4 is 34.4 Å². The number of carbonyl (C=O) groups is 1. The molecule has 0 spiro atoms. The third-order valence-corrected chi connectivity index (χ3v) is 8.19. The molecule has 8 nitrogen and oxygen atoms in total. The van der Waals surface area contributed by atoms with E-state index >= 15 is 0 Å². The molecule has 0 bridgehead atoms. The molecule has 0 atom stereocenters. The molecular formula is C34H41N7O. The summed E-state index contributed by atoms with van der Waals surface area (Å²) in [7, 11) is 6.18. The lowest BCUT2D eigenvalue weighted by molar-refractivity contribution is 0.102. The number of allylic oxidation sites excluding steroid dienone is 2. The summed E-state index contributed by atoms with van der Waals surface area (Å²) < 4.78 is 0. The van der Waals surface area contributed by atoms with E-state index in [4.69, 9.17) is 4.98 Å². The van der Waals surface area contributed by atoms with Crippen LogP contribution in [-0.2, 0) is 0 Å². The highest BCUT2D eigenvalue weighted by atomic mass is 16.1. The molecule has 2 aliphatic rings. The Balaban J connectivity index is 1.32. The first-order chi connectivity index (χ1) is 20.2. The van der Waals surface area contributed by atoms with Gasteiger partial charge in [-0.15, -0.1) is 0 Å². The number of piperazine rings is 1. The van der Waals surface area contributed by atoms with Crippen molar-refractivity contribution in [3.63, 3.8) is 0 Å². The first-order valence-electron chi connectivity index (χ1n) is 14.5. The van der Waals surface area contributed by atoms with Gasteiger partial charge in [0.2, 0.25) is 0 Å². The fourth-order valence-electron chi connectivity index (χ4n) is 5.19. The molecule has 2 N–H and O–H groups in total. The highest BCUT2D eigenvalue weighted by Crippen LogP contribution is 2.32. The number of nitrogens with one attached hydrogen (secondary N) is 2. The molecule has 0 saturated carbocycles. The zero-order valence-corrected chi connectivity index (χ0v) is 25.3. The fraction of sp³-hybridized carbons (Fsp3) is 0.294. The number of likely N-dealkylation sites (N-methyl/N-ethyl adjacent to an activating group) is 2. The minimum Gasteiger partial charge on any atom is -0.375 e. The van der Waals surface area contributed by atoms with Gasteiger partial charge in [-0.3, -0.25) is 4.79 Å². The van der Waals surface area contributed by atoms with Crippen LogP contribution in [0.5, 0.6) is 0 Å². The maximum atomic E-state index is 13.1. The molecule has 218 valence electrons. The Bertz CT molecular complexity index is 1500. The van der Waals surface area contributed by atoms with Gasteiger partial charge < -0.3 is 30.2 Å². The van der Waals surface area contributed by atoms with E-state index in [0.29, 0.717) is 5.56 Å². The van der Waals surface area contributed by atoms with Crippen LogP contribution in [0.25, 0.3) is 5.57 Å². The van der Waals surface area contributed by atoms with Crippen LogP contribution in [0.4, 0.5) is 22.9 Å². The summed E-state index contributed by atoms with van der Waals surface area (Å²) in [5.41, 5.74) is 8.39. The largest absolute Gasteiger partial charge is 0.375 e. The van der Waals surface area contributed by atoms with Crippen molar-refractivity contribution in [2.45, 2.75) is 13.8 Å². The standard InChI is InChI=1S/C34H41N7O/c1-7-39(5)28-13-11-26(12-14-28)34(42)37-31-10-8-9-30(24(31)2)27-21-32(25(3)40(6)23-27)36-33-16-15-29(22-35-33)41-19-17-38(4)18-20-41/h8-16,21-23H,3,7,17-20H2,1-2,4-6H3,(H,35,36)(H,37,42). The van der Waals surface area contributed by atoms with Gasteiger partial charge in [-0.25, -0.2) is 4.98 Å².